The first-order chi connectivity index (χ1) is 12.2. The van der Waals surface area contributed by atoms with Crippen LogP contribution in [0.1, 0.15) is 22.3 Å². The number of rotatable bonds is 5. The van der Waals surface area contributed by atoms with Gasteiger partial charge in [0.2, 0.25) is 0 Å². The fraction of sp³-hybridized carbons (Fsp3) is 0.263. The van der Waals surface area contributed by atoms with Gasteiger partial charge in [-0.3, -0.25) is 4.79 Å². The summed E-state index contributed by atoms with van der Waals surface area (Å²) < 4.78 is 1.89. The summed E-state index contributed by atoms with van der Waals surface area (Å²) >= 11 is 0. The Bertz CT molecular complexity index is 903. The minimum Gasteiger partial charge on any atom is -0.369 e. The van der Waals surface area contributed by atoms with Crippen molar-refractivity contribution in [2.75, 3.05) is 18.0 Å². The Kier molecular flexibility index (Phi) is 4.11. The molecule has 3 aromatic rings. The van der Waals surface area contributed by atoms with Crippen LogP contribution >= 0.6 is 0 Å². The molecule has 6 heteroatoms. The molecule has 0 spiro atoms. The smallest absolute Gasteiger partial charge is 0.250 e. The maximum absolute atomic E-state index is 11.6. The fourth-order valence-corrected chi connectivity index (χ4v) is 3.48. The van der Waals surface area contributed by atoms with Gasteiger partial charge in [-0.05, 0) is 30.7 Å². The Balaban J connectivity index is 1.42. The zero-order chi connectivity index (χ0) is 17.2. The average Bonchev–Trinajstić information content (AvgIpc) is 3.27. The maximum atomic E-state index is 11.6. The van der Waals surface area contributed by atoms with Gasteiger partial charge in [0.05, 0.1) is 17.3 Å². The Morgan fingerprint density at radius 1 is 1.24 bits per heavy atom. The number of hydrogen-bond acceptors (Lipinski definition) is 4. The van der Waals surface area contributed by atoms with Gasteiger partial charge in [-0.15, -0.1) is 0 Å². The van der Waals surface area contributed by atoms with Crippen molar-refractivity contribution in [3.8, 4) is 0 Å². The number of pyridine rings is 1. The molecule has 3 N–H and O–H groups in total. The Hall–Kier alpha value is -2.86. The molecule has 128 valence electrons. The number of amides is 1. The summed E-state index contributed by atoms with van der Waals surface area (Å²) in [5.41, 5.74) is 9.34. The Morgan fingerprint density at radius 2 is 2.08 bits per heavy atom. The molecule has 0 saturated carbocycles. The number of primary amides is 1. The summed E-state index contributed by atoms with van der Waals surface area (Å²) in [7, 11) is 0. The van der Waals surface area contributed by atoms with Crippen LogP contribution in [0.4, 0.5) is 5.69 Å². The van der Waals surface area contributed by atoms with Gasteiger partial charge in [-0.2, -0.15) is 5.10 Å². The number of nitrogens with one attached hydrogen (secondary N) is 1. The minimum absolute atomic E-state index is 0.375. The molecule has 1 unspecified atom stereocenters. The summed E-state index contributed by atoms with van der Waals surface area (Å²) in [6, 6.07) is 14.0. The zero-order valence-corrected chi connectivity index (χ0v) is 13.9. The Morgan fingerprint density at radius 3 is 2.96 bits per heavy atom. The second-order valence-corrected chi connectivity index (χ2v) is 6.39. The molecule has 0 bridgehead atoms. The maximum Gasteiger partial charge on any atom is 0.250 e. The first-order valence-corrected chi connectivity index (χ1v) is 8.51. The number of nitrogens with zero attached hydrogens (tertiary/aromatic N) is 3. The highest BCUT2D eigenvalue weighted by Gasteiger charge is 2.25. The van der Waals surface area contributed by atoms with Crippen LogP contribution in [0.25, 0.3) is 5.52 Å². The monoisotopic (exact) mass is 335 g/mol. The second kappa shape index (κ2) is 6.57. The van der Waals surface area contributed by atoms with Gasteiger partial charge in [-0.1, -0.05) is 18.2 Å². The third-order valence-corrected chi connectivity index (χ3v) is 4.79. The van der Waals surface area contributed by atoms with E-state index in [1.807, 2.05) is 47.2 Å². The van der Waals surface area contributed by atoms with E-state index in [1.165, 1.54) is 5.56 Å². The quantitative estimate of drug-likeness (QED) is 0.745. The normalized spacial score (nSPS) is 17.3. The van der Waals surface area contributed by atoms with Crippen molar-refractivity contribution in [1.29, 1.82) is 0 Å². The predicted octanol–water partition coefficient (Wildman–Crippen LogP) is 1.80. The molecule has 4 rings (SSSR count). The molecule has 0 radical (unpaired) electrons. The standard InChI is InChI=1S/C19H21N5O/c20-19(25)16-5-1-2-7-18(16)23-10-8-15(13-23)21-11-14-12-22-24-9-4-3-6-17(14)24/h1-7,9,12,15,21H,8,10-11,13H2,(H2,20,25). The number of carbonyl (C=O) groups excluding carboxylic acids is 1. The van der Waals surface area contributed by atoms with Crippen LogP contribution in [0.15, 0.2) is 54.9 Å². The summed E-state index contributed by atoms with van der Waals surface area (Å²) in [6.45, 7) is 2.56. The van der Waals surface area contributed by atoms with Crippen molar-refractivity contribution < 1.29 is 4.79 Å². The lowest BCUT2D eigenvalue weighted by atomic mass is 10.1. The van der Waals surface area contributed by atoms with E-state index in [-0.39, 0.29) is 5.91 Å². The van der Waals surface area contributed by atoms with E-state index in [0.29, 0.717) is 11.6 Å². The molecule has 6 nitrogen and oxygen atoms in total. The highest BCUT2D eigenvalue weighted by Crippen LogP contribution is 2.24. The van der Waals surface area contributed by atoms with Crippen molar-refractivity contribution in [3.05, 3.63) is 66.0 Å². The number of para-hydroxylation sites is 1. The van der Waals surface area contributed by atoms with Gasteiger partial charge in [0.1, 0.15) is 0 Å². The topological polar surface area (TPSA) is 75.7 Å². The van der Waals surface area contributed by atoms with Crippen LogP contribution in [-0.4, -0.2) is 34.7 Å². The van der Waals surface area contributed by atoms with Crippen LogP contribution in [-0.2, 0) is 6.54 Å². The van der Waals surface area contributed by atoms with E-state index in [2.05, 4.69) is 21.4 Å². The minimum atomic E-state index is -0.377. The number of fused-ring (bicyclic) bond motifs is 1. The molecule has 1 aliphatic rings. The van der Waals surface area contributed by atoms with Gasteiger partial charge in [0, 0.05) is 43.1 Å². The van der Waals surface area contributed by atoms with Crippen LogP contribution in [0.2, 0.25) is 0 Å². The second-order valence-electron chi connectivity index (χ2n) is 6.39. The lowest BCUT2D eigenvalue weighted by Crippen LogP contribution is -2.32. The first kappa shape index (κ1) is 15.7. The summed E-state index contributed by atoms with van der Waals surface area (Å²) in [4.78, 5) is 13.9. The molecular formula is C19H21N5O. The number of carbonyl (C=O) groups is 1. The van der Waals surface area contributed by atoms with E-state index in [1.54, 1.807) is 6.07 Å². The van der Waals surface area contributed by atoms with Gasteiger partial charge < -0.3 is 16.0 Å². The Labute approximate surface area is 146 Å². The van der Waals surface area contributed by atoms with Crippen LogP contribution < -0.4 is 16.0 Å². The zero-order valence-electron chi connectivity index (χ0n) is 13.9. The number of aromatic nitrogens is 2. The molecular weight excluding hydrogens is 314 g/mol. The molecule has 1 aliphatic heterocycles. The third kappa shape index (κ3) is 3.08. The molecule has 1 aromatic carbocycles. The van der Waals surface area contributed by atoms with E-state index in [9.17, 15) is 4.79 Å². The number of nitrogens with two attached hydrogens (primary N) is 1. The number of benzene rings is 1. The lowest BCUT2D eigenvalue weighted by molar-refractivity contribution is 0.100. The molecule has 2 aromatic heterocycles. The van der Waals surface area contributed by atoms with Gasteiger partial charge in [0.15, 0.2) is 0 Å². The van der Waals surface area contributed by atoms with Crippen molar-refractivity contribution in [1.82, 2.24) is 14.9 Å². The molecule has 1 fully saturated rings. The highest BCUT2D eigenvalue weighted by atomic mass is 16.1. The molecule has 0 aliphatic carbocycles. The molecule has 1 atom stereocenters. The van der Waals surface area contributed by atoms with Crippen molar-refractivity contribution in [3.63, 3.8) is 0 Å². The summed E-state index contributed by atoms with van der Waals surface area (Å²) in [5, 5.41) is 7.99. The van der Waals surface area contributed by atoms with E-state index < -0.39 is 0 Å². The largest absolute Gasteiger partial charge is 0.369 e. The molecule has 1 saturated heterocycles. The van der Waals surface area contributed by atoms with E-state index in [4.69, 9.17) is 5.73 Å². The number of hydrogen-bond donors (Lipinski definition) is 2. The first-order valence-electron chi connectivity index (χ1n) is 8.51. The summed E-state index contributed by atoms with van der Waals surface area (Å²) in [6.07, 6.45) is 4.90. The van der Waals surface area contributed by atoms with Crippen LogP contribution in [0.3, 0.4) is 0 Å². The van der Waals surface area contributed by atoms with E-state index in [0.717, 1.165) is 37.3 Å². The fourth-order valence-electron chi connectivity index (χ4n) is 3.48. The average molecular weight is 335 g/mol. The molecule has 25 heavy (non-hydrogen) atoms. The van der Waals surface area contributed by atoms with Crippen LogP contribution in [0, 0.1) is 0 Å². The van der Waals surface area contributed by atoms with Crippen LogP contribution in [0.5, 0.6) is 0 Å². The number of anilines is 1. The van der Waals surface area contributed by atoms with Gasteiger partial charge in [-0.25, -0.2) is 4.52 Å². The van der Waals surface area contributed by atoms with Gasteiger partial charge >= 0.3 is 0 Å². The van der Waals surface area contributed by atoms with E-state index >= 15 is 0 Å². The van der Waals surface area contributed by atoms with Crippen molar-refractivity contribution >= 4 is 17.1 Å². The lowest BCUT2D eigenvalue weighted by Gasteiger charge is -2.21. The summed E-state index contributed by atoms with van der Waals surface area (Å²) in [5.74, 6) is -0.377. The third-order valence-electron chi connectivity index (χ3n) is 4.79. The van der Waals surface area contributed by atoms with Gasteiger partial charge in [0.25, 0.3) is 5.91 Å². The molecule has 1 amide bonds. The highest BCUT2D eigenvalue weighted by molar-refractivity contribution is 5.98. The van der Waals surface area contributed by atoms with Crippen molar-refractivity contribution in [2.45, 2.75) is 19.0 Å². The van der Waals surface area contributed by atoms with Crippen molar-refractivity contribution in [2.24, 2.45) is 5.73 Å². The predicted molar refractivity (Wildman–Crippen MR) is 97.6 cm³/mol. The molecule has 3 heterocycles. The SMILES string of the molecule is NC(=O)c1ccccc1N1CCC(NCc2cnn3ccccc23)C1.